The average Bonchev–Trinajstić information content (AvgIpc) is 2.86. The van der Waals surface area contributed by atoms with E-state index >= 15 is 0 Å². The van der Waals surface area contributed by atoms with Gasteiger partial charge in [-0.1, -0.05) is 20.8 Å². The first-order chi connectivity index (χ1) is 9.32. The lowest BCUT2D eigenvalue weighted by molar-refractivity contribution is 0.0285. The Balaban J connectivity index is 2.11. The van der Waals surface area contributed by atoms with Crippen molar-refractivity contribution in [3.05, 3.63) is 10.9 Å². The Morgan fingerprint density at radius 3 is 2.70 bits per heavy atom. The molecular weight excluding hydrogens is 274 g/mol. The van der Waals surface area contributed by atoms with Crippen LogP contribution in [0.3, 0.4) is 0 Å². The number of carbonyl (C=O) groups excluding carboxylic acids is 1. The van der Waals surface area contributed by atoms with Crippen molar-refractivity contribution < 1.29 is 9.53 Å². The molecule has 0 bridgehead atoms. The van der Waals surface area contributed by atoms with E-state index in [1.54, 1.807) is 13.2 Å². The van der Waals surface area contributed by atoms with E-state index < -0.39 is 0 Å². The molecule has 0 N–H and O–H groups in total. The molecular formula is C14H23N3O2S. The van der Waals surface area contributed by atoms with E-state index in [0.29, 0.717) is 16.8 Å². The van der Waals surface area contributed by atoms with Crippen LogP contribution in [0.4, 0.5) is 0 Å². The zero-order valence-electron chi connectivity index (χ0n) is 12.8. The monoisotopic (exact) mass is 297 g/mol. The lowest BCUT2D eigenvalue weighted by Gasteiger charge is -2.45. The SMILES string of the molecule is COc1cc(C(=O)N2CCN(C)C(C(C)(C)C)C2)sn1. The number of piperazine rings is 1. The van der Waals surface area contributed by atoms with Crippen molar-refractivity contribution >= 4 is 17.4 Å². The molecule has 0 saturated carbocycles. The summed E-state index contributed by atoms with van der Waals surface area (Å²) >= 11 is 1.21. The fourth-order valence-electron chi connectivity index (χ4n) is 2.61. The molecule has 0 aliphatic carbocycles. The van der Waals surface area contributed by atoms with Crippen LogP contribution in [0.5, 0.6) is 5.88 Å². The van der Waals surface area contributed by atoms with Gasteiger partial charge in [-0.2, -0.15) is 4.37 Å². The highest BCUT2D eigenvalue weighted by Gasteiger charge is 2.35. The van der Waals surface area contributed by atoms with E-state index in [2.05, 4.69) is 37.1 Å². The standard InChI is InChI=1S/C14H23N3O2S/c1-14(2,3)11-9-17(7-6-16(11)4)13(18)10-8-12(19-5)15-20-10/h8,11H,6-7,9H2,1-5H3. The predicted octanol–water partition coefficient (Wildman–Crippen LogP) is 1.95. The smallest absolute Gasteiger partial charge is 0.265 e. The molecule has 2 rings (SSSR count). The van der Waals surface area contributed by atoms with Crippen molar-refractivity contribution in [1.29, 1.82) is 0 Å². The molecule has 6 heteroatoms. The summed E-state index contributed by atoms with van der Waals surface area (Å²) in [7, 11) is 3.70. The van der Waals surface area contributed by atoms with Crippen molar-refractivity contribution in [3.8, 4) is 5.88 Å². The lowest BCUT2D eigenvalue weighted by Crippen LogP contribution is -2.57. The summed E-state index contributed by atoms with van der Waals surface area (Å²) in [4.78, 5) is 17.5. The Morgan fingerprint density at radius 1 is 1.45 bits per heavy atom. The molecule has 1 unspecified atom stereocenters. The van der Waals surface area contributed by atoms with Crippen LogP contribution >= 0.6 is 11.5 Å². The van der Waals surface area contributed by atoms with Crippen LogP contribution in [0.15, 0.2) is 6.07 Å². The van der Waals surface area contributed by atoms with Gasteiger partial charge in [-0.25, -0.2) is 0 Å². The van der Waals surface area contributed by atoms with Gasteiger partial charge in [-0.3, -0.25) is 9.69 Å². The Bertz CT molecular complexity index is 481. The number of hydrogen-bond acceptors (Lipinski definition) is 5. The average molecular weight is 297 g/mol. The summed E-state index contributed by atoms with van der Waals surface area (Å²) in [5.41, 5.74) is 0.152. The number of amides is 1. The number of hydrogen-bond donors (Lipinski definition) is 0. The van der Waals surface area contributed by atoms with Crippen molar-refractivity contribution in [2.24, 2.45) is 5.41 Å². The minimum atomic E-state index is 0.0631. The summed E-state index contributed by atoms with van der Waals surface area (Å²) in [5.74, 6) is 0.577. The molecule has 20 heavy (non-hydrogen) atoms. The summed E-state index contributed by atoms with van der Waals surface area (Å²) in [5, 5.41) is 0. The Labute approximate surface area is 124 Å². The first kappa shape index (κ1) is 15.3. The molecule has 0 radical (unpaired) electrons. The molecule has 112 valence electrons. The summed E-state index contributed by atoms with van der Waals surface area (Å²) in [6.07, 6.45) is 0. The lowest BCUT2D eigenvalue weighted by atomic mass is 9.84. The van der Waals surface area contributed by atoms with Gasteiger partial charge in [-0.05, 0) is 24.0 Å². The van der Waals surface area contributed by atoms with E-state index in [1.165, 1.54) is 11.5 Å². The van der Waals surface area contributed by atoms with Crippen LogP contribution in [0.1, 0.15) is 30.4 Å². The van der Waals surface area contributed by atoms with Crippen LogP contribution < -0.4 is 4.74 Å². The number of likely N-dealkylation sites (N-methyl/N-ethyl adjacent to an activating group) is 1. The molecule has 1 fully saturated rings. The van der Waals surface area contributed by atoms with Crippen LogP contribution in [0, 0.1) is 5.41 Å². The fourth-order valence-corrected chi connectivity index (χ4v) is 3.28. The molecule has 1 atom stereocenters. The number of rotatable bonds is 2. The van der Waals surface area contributed by atoms with Crippen LogP contribution in [0.25, 0.3) is 0 Å². The molecule has 0 spiro atoms. The molecule has 5 nitrogen and oxygen atoms in total. The first-order valence-corrected chi connectivity index (χ1v) is 7.60. The van der Waals surface area contributed by atoms with Crippen molar-refractivity contribution in [2.75, 3.05) is 33.8 Å². The van der Waals surface area contributed by atoms with Gasteiger partial charge in [0.1, 0.15) is 4.88 Å². The molecule has 1 aliphatic heterocycles. The summed E-state index contributed by atoms with van der Waals surface area (Å²) in [6.45, 7) is 9.10. The van der Waals surface area contributed by atoms with Gasteiger partial charge in [0.05, 0.1) is 7.11 Å². The third-order valence-electron chi connectivity index (χ3n) is 3.84. The van der Waals surface area contributed by atoms with Gasteiger partial charge < -0.3 is 9.64 Å². The maximum atomic E-state index is 12.5. The maximum Gasteiger partial charge on any atom is 0.265 e. The minimum absolute atomic E-state index is 0.0631. The number of aromatic nitrogens is 1. The normalized spacial score (nSPS) is 21.1. The van der Waals surface area contributed by atoms with E-state index in [0.717, 1.165) is 19.6 Å². The van der Waals surface area contributed by atoms with Gasteiger partial charge in [-0.15, -0.1) is 0 Å². The fraction of sp³-hybridized carbons (Fsp3) is 0.714. The van der Waals surface area contributed by atoms with Gasteiger partial charge in [0.2, 0.25) is 5.88 Å². The zero-order chi connectivity index (χ0) is 14.9. The molecule has 1 aromatic heterocycles. The second-order valence-electron chi connectivity index (χ2n) is 6.35. The second-order valence-corrected chi connectivity index (χ2v) is 7.15. The van der Waals surface area contributed by atoms with Gasteiger partial charge in [0.15, 0.2) is 0 Å². The highest BCUT2D eigenvalue weighted by molar-refractivity contribution is 7.08. The zero-order valence-corrected chi connectivity index (χ0v) is 13.7. The summed E-state index contributed by atoms with van der Waals surface area (Å²) < 4.78 is 9.14. The van der Waals surface area contributed by atoms with Gasteiger partial charge >= 0.3 is 0 Å². The number of ether oxygens (including phenoxy) is 1. The molecule has 1 aliphatic rings. The highest BCUT2D eigenvalue weighted by Crippen LogP contribution is 2.28. The maximum absolute atomic E-state index is 12.5. The van der Waals surface area contributed by atoms with Crippen molar-refractivity contribution in [1.82, 2.24) is 14.2 Å². The van der Waals surface area contributed by atoms with Crippen molar-refractivity contribution in [2.45, 2.75) is 26.8 Å². The molecule has 1 aromatic rings. The van der Waals surface area contributed by atoms with Crippen molar-refractivity contribution in [3.63, 3.8) is 0 Å². The van der Waals surface area contributed by atoms with Gasteiger partial charge in [0, 0.05) is 31.7 Å². The Hall–Kier alpha value is -1.14. The third kappa shape index (κ3) is 3.12. The summed E-state index contributed by atoms with van der Waals surface area (Å²) in [6, 6.07) is 2.09. The second kappa shape index (κ2) is 5.69. The van der Waals surface area contributed by atoms with E-state index in [1.807, 2.05) is 4.90 Å². The Morgan fingerprint density at radius 2 is 2.15 bits per heavy atom. The first-order valence-electron chi connectivity index (χ1n) is 6.83. The number of nitrogens with zero attached hydrogens (tertiary/aromatic N) is 3. The van der Waals surface area contributed by atoms with E-state index in [-0.39, 0.29) is 11.3 Å². The molecule has 1 amide bonds. The van der Waals surface area contributed by atoms with E-state index in [4.69, 9.17) is 4.74 Å². The van der Waals surface area contributed by atoms with Crippen LogP contribution in [-0.4, -0.2) is 59.9 Å². The molecule has 0 aromatic carbocycles. The number of methoxy groups -OCH3 is 1. The Kier molecular flexibility index (Phi) is 4.34. The molecule has 1 saturated heterocycles. The molecule has 2 heterocycles. The van der Waals surface area contributed by atoms with Crippen LogP contribution in [-0.2, 0) is 0 Å². The quantitative estimate of drug-likeness (QED) is 0.837. The number of carbonyl (C=O) groups is 1. The topological polar surface area (TPSA) is 45.7 Å². The highest BCUT2D eigenvalue weighted by atomic mass is 32.1. The predicted molar refractivity (Wildman–Crippen MR) is 80.4 cm³/mol. The van der Waals surface area contributed by atoms with Gasteiger partial charge in [0.25, 0.3) is 5.91 Å². The van der Waals surface area contributed by atoms with Crippen LogP contribution in [0.2, 0.25) is 0 Å². The minimum Gasteiger partial charge on any atom is -0.480 e. The third-order valence-corrected chi connectivity index (χ3v) is 4.60. The largest absolute Gasteiger partial charge is 0.480 e. The van der Waals surface area contributed by atoms with E-state index in [9.17, 15) is 4.79 Å².